The quantitative estimate of drug-likeness (QED) is 0.793. The maximum absolute atomic E-state index is 6.18. The Hall–Kier alpha value is -0.0900. The van der Waals surface area contributed by atoms with Crippen LogP contribution in [-0.2, 0) is 6.42 Å². The molecule has 21 heavy (non-hydrogen) atoms. The molecule has 2 atom stereocenters. The van der Waals surface area contributed by atoms with Gasteiger partial charge in [0.2, 0.25) is 0 Å². The minimum atomic E-state index is 0.538. The molecule has 0 spiro atoms. The standard InChI is InChI=1S/C17H27ClN2S/c1-13-6-2-3-10-20(13)11-5-9-19-15-7-4-8-16-14(15)12-17(18)21-16/h12-13,15,19H,2-11H2,1H3. The summed E-state index contributed by atoms with van der Waals surface area (Å²) in [6.07, 6.45) is 9.22. The summed E-state index contributed by atoms with van der Waals surface area (Å²) in [5.41, 5.74) is 1.47. The molecule has 3 rings (SSSR count). The van der Waals surface area contributed by atoms with Crippen LogP contribution >= 0.6 is 22.9 Å². The Labute approximate surface area is 137 Å². The molecule has 1 aromatic heterocycles. The average Bonchev–Trinajstić information content (AvgIpc) is 2.86. The predicted octanol–water partition coefficient (Wildman–Crippen LogP) is 4.63. The highest BCUT2D eigenvalue weighted by molar-refractivity contribution is 7.16. The van der Waals surface area contributed by atoms with Crippen LogP contribution in [0.1, 0.15) is 61.9 Å². The van der Waals surface area contributed by atoms with Crippen molar-refractivity contribution in [2.24, 2.45) is 0 Å². The fourth-order valence-electron chi connectivity index (χ4n) is 3.78. The molecule has 2 aliphatic rings. The first-order valence-corrected chi connectivity index (χ1v) is 9.69. The Morgan fingerprint density at radius 1 is 1.33 bits per heavy atom. The molecule has 1 fully saturated rings. The zero-order valence-electron chi connectivity index (χ0n) is 13.0. The lowest BCUT2D eigenvalue weighted by atomic mass is 9.94. The Morgan fingerprint density at radius 2 is 2.24 bits per heavy atom. The minimum Gasteiger partial charge on any atom is -0.310 e. The van der Waals surface area contributed by atoms with Crippen LogP contribution in [0.4, 0.5) is 0 Å². The van der Waals surface area contributed by atoms with Gasteiger partial charge >= 0.3 is 0 Å². The number of hydrogen-bond acceptors (Lipinski definition) is 3. The zero-order valence-corrected chi connectivity index (χ0v) is 14.6. The molecule has 1 aromatic rings. The largest absolute Gasteiger partial charge is 0.310 e. The number of nitrogens with one attached hydrogen (secondary N) is 1. The first-order valence-electron chi connectivity index (χ1n) is 8.49. The van der Waals surface area contributed by atoms with E-state index in [0.29, 0.717) is 6.04 Å². The molecule has 0 bridgehead atoms. The van der Waals surface area contributed by atoms with Gasteiger partial charge in [-0.2, -0.15) is 0 Å². The lowest BCUT2D eigenvalue weighted by Gasteiger charge is -2.33. The van der Waals surface area contributed by atoms with Crippen LogP contribution in [0.3, 0.4) is 0 Å². The van der Waals surface area contributed by atoms with E-state index >= 15 is 0 Å². The highest BCUT2D eigenvalue weighted by atomic mass is 35.5. The van der Waals surface area contributed by atoms with Gasteiger partial charge in [0, 0.05) is 17.0 Å². The van der Waals surface area contributed by atoms with Crippen molar-refractivity contribution in [2.45, 2.75) is 64.0 Å². The topological polar surface area (TPSA) is 15.3 Å². The van der Waals surface area contributed by atoms with E-state index in [-0.39, 0.29) is 0 Å². The van der Waals surface area contributed by atoms with Crippen LogP contribution in [0.5, 0.6) is 0 Å². The molecule has 2 heterocycles. The van der Waals surface area contributed by atoms with Crippen molar-refractivity contribution in [3.63, 3.8) is 0 Å². The van der Waals surface area contributed by atoms with Crippen LogP contribution < -0.4 is 5.32 Å². The van der Waals surface area contributed by atoms with E-state index in [1.807, 2.05) is 0 Å². The third-order valence-corrected chi connectivity index (χ3v) is 6.38. The van der Waals surface area contributed by atoms with E-state index in [1.165, 1.54) is 68.5 Å². The number of rotatable bonds is 5. The average molecular weight is 327 g/mol. The van der Waals surface area contributed by atoms with Crippen LogP contribution in [0.25, 0.3) is 0 Å². The van der Waals surface area contributed by atoms with Crippen molar-refractivity contribution in [1.29, 1.82) is 0 Å². The van der Waals surface area contributed by atoms with E-state index in [9.17, 15) is 0 Å². The molecule has 0 radical (unpaired) electrons. The zero-order chi connectivity index (χ0) is 14.7. The molecular formula is C17H27ClN2S. The van der Waals surface area contributed by atoms with Gasteiger partial charge in [-0.1, -0.05) is 18.0 Å². The number of piperidine rings is 1. The number of hydrogen-bond donors (Lipinski definition) is 1. The lowest BCUT2D eigenvalue weighted by molar-refractivity contribution is 0.158. The third-order valence-electron chi connectivity index (χ3n) is 5.04. The van der Waals surface area contributed by atoms with Gasteiger partial charge in [0.1, 0.15) is 0 Å². The van der Waals surface area contributed by atoms with Gasteiger partial charge < -0.3 is 10.2 Å². The van der Waals surface area contributed by atoms with E-state index in [4.69, 9.17) is 11.6 Å². The summed E-state index contributed by atoms with van der Waals surface area (Å²) in [6, 6.07) is 3.51. The monoisotopic (exact) mass is 326 g/mol. The molecule has 1 aliphatic heterocycles. The van der Waals surface area contributed by atoms with Crippen LogP contribution in [0.2, 0.25) is 4.34 Å². The van der Waals surface area contributed by atoms with Gasteiger partial charge in [-0.3, -0.25) is 0 Å². The Balaban J connectivity index is 1.43. The summed E-state index contributed by atoms with van der Waals surface area (Å²) in [5.74, 6) is 0. The van der Waals surface area contributed by atoms with Gasteiger partial charge in [0.05, 0.1) is 4.34 Å². The first kappa shape index (κ1) is 15.8. The van der Waals surface area contributed by atoms with Crippen molar-refractivity contribution in [2.75, 3.05) is 19.6 Å². The first-order chi connectivity index (χ1) is 10.2. The molecule has 2 unspecified atom stereocenters. The van der Waals surface area contributed by atoms with Crippen molar-refractivity contribution in [3.8, 4) is 0 Å². The molecule has 118 valence electrons. The summed E-state index contributed by atoms with van der Waals surface area (Å²) in [4.78, 5) is 4.17. The highest BCUT2D eigenvalue weighted by Crippen LogP contribution is 2.37. The van der Waals surface area contributed by atoms with E-state index < -0.39 is 0 Å². The highest BCUT2D eigenvalue weighted by Gasteiger charge is 2.22. The normalized spacial score (nSPS) is 26.8. The minimum absolute atomic E-state index is 0.538. The molecule has 0 aromatic carbocycles. The number of fused-ring (bicyclic) bond motifs is 1. The summed E-state index contributed by atoms with van der Waals surface area (Å²) in [6.45, 7) is 6.06. The molecule has 2 nitrogen and oxygen atoms in total. The van der Waals surface area contributed by atoms with Crippen LogP contribution in [0.15, 0.2) is 6.07 Å². The second-order valence-corrected chi connectivity index (χ2v) is 8.33. The van der Waals surface area contributed by atoms with E-state index in [0.717, 1.165) is 16.9 Å². The van der Waals surface area contributed by atoms with E-state index in [1.54, 1.807) is 11.3 Å². The molecule has 1 saturated heterocycles. The number of likely N-dealkylation sites (tertiary alicyclic amines) is 1. The van der Waals surface area contributed by atoms with Crippen LogP contribution in [0, 0.1) is 0 Å². The molecular weight excluding hydrogens is 300 g/mol. The summed E-state index contributed by atoms with van der Waals surface area (Å²) < 4.78 is 0.954. The lowest BCUT2D eigenvalue weighted by Crippen LogP contribution is -2.39. The van der Waals surface area contributed by atoms with Gasteiger partial charge in [0.25, 0.3) is 0 Å². The summed E-state index contributed by atoms with van der Waals surface area (Å²) in [7, 11) is 0. The fourth-order valence-corrected chi connectivity index (χ4v) is 5.17. The fraction of sp³-hybridized carbons (Fsp3) is 0.765. The summed E-state index contributed by atoms with van der Waals surface area (Å²) >= 11 is 7.95. The SMILES string of the molecule is CC1CCCCN1CCCNC1CCCc2sc(Cl)cc21. The maximum atomic E-state index is 6.18. The van der Waals surface area contributed by atoms with Gasteiger partial charge in [-0.25, -0.2) is 0 Å². The Kier molecular flexibility index (Phi) is 5.60. The van der Waals surface area contributed by atoms with Gasteiger partial charge in [-0.05, 0) is 76.7 Å². The Bertz CT molecular complexity index is 460. The second kappa shape index (κ2) is 7.45. The molecule has 0 saturated carbocycles. The van der Waals surface area contributed by atoms with Crippen molar-refractivity contribution < 1.29 is 0 Å². The van der Waals surface area contributed by atoms with Gasteiger partial charge in [-0.15, -0.1) is 11.3 Å². The Morgan fingerprint density at radius 3 is 3.10 bits per heavy atom. The summed E-state index contributed by atoms with van der Waals surface area (Å²) in [5, 5.41) is 3.77. The van der Waals surface area contributed by atoms with Gasteiger partial charge in [0.15, 0.2) is 0 Å². The van der Waals surface area contributed by atoms with Crippen molar-refractivity contribution in [3.05, 3.63) is 20.8 Å². The molecule has 1 aliphatic carbocycles. The molecule has 1 N–H and O–H groups in total. The second-order valence-electron chi connectivity index (χ2n) is 6.56. The molecule has 4 heteroatoms. The van der Waals surface area contributed by atoms with E-state index in [2.05, 4.69) is 23.2 Å². The number of halogens is 1. The number of nitrogens with zero attached hydrogens (tertiary/aromatic N) is 1. The van der Waals surface area contributed by atoms with Crippen molar-refractivity contribution in [1.82, 2.24) is 10.2 Å². The number of thiophene rings is 1. The number of aryl methyl sites for hydroxylation is 1. The van der Waals surface area contributed by atoms with Crippen molar-refractivity contribution >= 4 is 22.9 Å². The van der Waals surface area contributed by atoms with Crippen LogP contribution in [-0.4, -0.2) is 30.6 Å². The third kappa shape index (κ3) is 4.01. The smallest absolute Gasteiger partial charge is 0.0934 e. The maximum Gasteiger partial charge on any atom is 0.0934 e. The predicted molar refractivity (Wildman–Crippen MR) is 92.5 cm³/mol. The molecule has 0 amide bonds.